The standard InChI is InChI=1S/C2H5O5P.CH2O2/c3-2(4)1-8(5,6)7;2-1-3/h1H2,(H,3,4)(H2,5,6,7);1H,(H,2,3). The van der Waals surface area contributed by atoms with Crippen molar-refractivity contribution in [1.29, 1.82) is 0 Å². The van der Waals surface area contributed by atoms with Crippen LogP contribution in [0, 0.1) is 0 Å². The minimum atomic E-state index is -4.32. The fourth-order valence-electron chi connectivity index (χ4n) is 0.176. The van der Waals surface area contributed by atoms with Crippen LogP contribution in [-0.4, -0.2) is 38.6 Å². The molecule has 7 nitrogen and oxygen atoms in total. The van der Waals surface area contributed by atoms with E-state index in [0.29, 0.717) is 0 Å². The van der Waals surface area contributed by atoms with E-state index in [1.54, 1.807) is 0 Å². The molecule has 0 radical (unpaired) electrons. The summed E-state index contributed by atoms with van der Waals surface area (Å²) in [7, 11) is -4.32. The fraction of sp³-hybridized carbons (Fsp3) is 0.333. The number of rotatable bonds is 2. The van der Waals surface area contributed by atoms with Crippen molar-refractivity contribution < 1.29 is 34.2 Å². The van der Waals surface area contributed by atoms with Gasteiger partial charge in [0, 0.05) is 0 Å². The van der Waals surface area contributed by atoms with Crippen LogP contribution in [0.2, 0.25) is 0 Å². The van der Waals surface area contributed by atoms with Gasteiger partial charge in [0.25, 0.3) is 6.47 Å². The second-order valence-electron chi connectivity index (χ2n) is 1.32. The molecule has 0 aromatic carbocycles. The van der Waals surface area contributed by atoms with E-state index in [9.17, 15) is 9.36 Å². The Morgan fingerprint density at radius 3 is 1.73 bits per heavy atom. The number of carboxylic acids is 1. The van der Waals surface area contributed by atoms with E-state index in [1.165, 1.54) is 0 Å². The summed E-state index contributed by atoms with van der Waals surface area (Å²) < 4.78 is 9.76. The van der Waals surface area contributed by atoms with Crippen LogP contribution in [0.15, 0.2) is 0 Å². The zero-order chi connectivity index (χ0) is 9.49. The largest absolute Gasteiger partial charge is 0.483 e. The van der Waals surface area contributed by atoms with E-state index in [4.69, 9.17) is 24.8 Å². The smallest absolute Gasteiger partial charge is 0.336 e. The van der Waals surface area contributed by atoms with Crippen molar-refractivity contribution in [2.45, 2.75) is 0 Å². The zero-order valence-corrected chi connectivity index (χ0v) is 6.14. The highest BCUT2D eigenvalue weighted by Gasteiger charge is 2.17. The molecule has 0 aromatic heterocycles. The monoisotopic (exact) mass is 186 g/mol. The molecule has 0 saturated carbocycles. The van der Waals surface area contributed by atoms with Gasteiger partial charge in [-0.25, -0.2) is 0 Å². The van der Waals surface area contributed by atoms with Crippen molar-refractivity contribution in [1.82, 2.24) is 0 Å². The van der Waals surface area contributed by atoms with E-state index in [2.05, 4.69) is 0 Å². The molecule has 0 saturated heterocycles. The highest BCUT2D eigenvalue weighted by atomic mass is 31.2. The first-order valence-corrected chi connectivity index (χ1v) is 3.97. The third-order valence-corrected chi connectivity index (χ3v) is 1.02. The first-order chi connectivity index (χ1) is 4.83. The molecule has 0 atom stereocenters. The normalized spacial score (nSPS) is 9.27. The van der Waals surface area contributed by atoms with Crippen LogP contribution in [-0.2, 0) is 14.2 Å². The van der Waals surface area contributed by atoms with Crippen molar-refractivity contribution in [3.63, 3.8) is 0 Å². The summed E-state index contributed by atoms with van der Waals surface area (Å²) in [5.41, 5.74) is 0. The Morgan fingerprint density at radius 1 is 1.45 bits per heavy atom. The predicted octanol–water partition coefficient (Wildman–Crippen LogP) is -1.05. The van der Waals surface area contributed by atoms with Crippen LogP contribution in [0.4, 0.5) is 0 Å². The van der Waals surface area contributed by atoms with Gasteiger partial charge >= 0.3 is 13.6 Å². The maximum Gasteiger partial charge on any atom is 0.336 e. The van der Waals surface area contributed by atoms with E-state index < -0.39 is 19.7 Å². The molecule has 0 fully saturated rings. The maximum absolute atomic E-state index is 9.76. The molecule has 0 heterocycles. The summed E-state index contributed by atoms with van der Waals surface area (Å²) in [4.78, 5) is 33.7. The molecular weight excluding hydrogens is 179 g/mol. The topological polar surface area (TPSA) is 132 Å². The van der Waals surface area contributed by atoms with E-state index in [-0.39, 0.29) is 6.47 Å². The van der Waals surface area contributed by atoms with Gasteiger partial charge in [0.2, 0.25) is 0 Å². The molecule has 8 heteroatoms. The second-order valence-corrected chi connectivity index (χ2v) is 2.97. The first kappa shape index (κ1) is 12.7. The van der Waals surface area contributed by atoms with Gasteiger partial charge in [-0.1, -0.05) is 0 Å². The molecule has 0 aromatic rings. The lowest BCUT2D eigenvalue weighted by molar-refractivity contribution is -0.134. The van der Waals surface area contributed by atoms with Gasteiger partial charge in [-0.3, -0.25) is 14.2 Å². The summed E-state index contributed by atoms with van der Waals surface area (Å²) in [6.45, 7) is -0.250. The Hall–Kier alpha value is -0.910. The predicted molar refractivity (Wildman–Crippen MR) is 33.2 cm³/mol. The average Bonchev–Trinajstić information content (AvgIpc) is 1.57. The molecular formula is C3H7O7P. The van der Waals surface area contributed by atoms with Crippen LogP contribution in [0.3, 0.4) is 0 Å². The molecule has 11 heavy (non-hydrogen) atoms. The van der Waals surface area contributed by atoms with Crippen molar-refractivity contribution in [2.24, 2.45) is 0 Å². The van der Waals surface area contributed by atoms with Gasteiger partial charge in [-0.15, -0.1) is 0 Å². The highest BCUT2D eigenvalue weighted by molar-refractivity contribution is 7.52. The van der Waals surface area contributed by atoms with E-state index in [0.717, 1.165) is 0 Å². The summed E-state index contributed by atoms with van der Waals surface area (Å²) in [6.07, 6.45) is -1.09. The van der Waals surface area contributed by atoms with Crippen LogP contribution in [0.1, 0.15) is 0 Å². The Bertz CT molecular complexity index is 169. The average molecular weight is 186 g/mol. The number of hydrogen-bond donors (Lipinski definition) is 4. The highest BCUT2D eigenvalue weighted by Crippen LogP contribution is 2.33. The third-order valence-electron chi connectivity index (χ3n) is 0.341. The van der Waals surface area contributed by atoms with Crippen LogP contribution < -0.4 is 0 Å². The molecule has 4 N–H and O–H groups in total. The van der Waals surface area contributed by atoms with Crippen molar-refractivity contribution in [2.75, 3.05) is 6.16 Å². The summed E-state index contributed by atoms with van der Waals surface area (Å²) >= 11 is 0. The molecule has 0 amide bonds. The number of carbonyl (C=O) groups is 2. The Morgan fingerprint density at radius 2 is 1.73 bits per heavy atom. The lowest BCUT2D eigenvalue weighted by atomic mass is 10.8. The quantitative estimate of drug-likeness (QED) is 0.319. The minimum absolute atomic E-state index is 0.250. The number of carboxylic acid groups (broad SMARTS) is 2. The van der Waals surface area contributed by atoms with Gasteiger partial charge in [-0.2, -0.15) is 0 Å². The van der Waals surface area contributed by atoms with E-state index in [1.807, 2.05) is 0 Å². The molecule has 0 aliphatic heterocycles. The number of aliphatic carboxylic acids is 1. The molecule has 66 valence electrons. The van der Waals surface area contributed by atoms with Crippen LogP contribution in [0.5, 0.6) is 0 Å². The van der Waals surface area contributed by atoms with Crippen molar-refractivity contribution in [3.05, 3.63) is 0 Å². The molecule has 0 rings (SSSR count). The van der Waals surface area contributed by atoms with Gasteiger partial charge in [0.15, 0.2) is 0 Å². The fourth-order valence-corrected chi connectivity index (χ4v) is 0.529. The van der Waals surface area contributed by atoms with E-state index >= 15 is 0 Å². The Balaban J connectivity index is 0. The molecule has 0 spiro atoms. The SMILES string of the molecule is O=C(O)CP(=O)(O)O.O=CO. The van der Waals surface area contributed by atoms with Gasteiger partial charge < -0.3 is 20.0 Å². The van der Waals surface area contributed by atoms with Gasteiger partial charge in [-0.05, 0) is 0 Å². The van der Waals surface area contributed by atoms with Crippen molar-refractivity contribution >= 4 is 20.0 Å². The number of hydrogen-bond acceptors (Lipinski definition) is 3. The Kier molecular flexibility index (Phi) is 6.77. The van der Waals surface area contributed by atoms with Crippen LogP contribution in [0.25, 0.3) is 0 Å². The second kappa shape index (κ2) is 5.84. The van der Waals surface area contributed by atoms with Crippen LogP contribution >= 0.6 is 7.60 Å². The Labute approximate surface area is 61.4 Å². The summed E-state index contributed by atoms with van der Waals surface area (Å²) in [5.74, 6) is -1.49. The molecule has 0 aliphatic carbocycles. The van der Waals surface area contributed by atoms with Gasteiger partial charge in [0.1, 0.15) is 6.16 Å². The first-order valence-electron chi connectivity index (χ1n) is 2.17. The molecule has 0 aliphatic rings. The molecule has 0 unspecified atom stereocenters. The van der Waals surface area contributed by atoms with Crippen molar-refractivity contribution in [3.8, 4) is 0 Å². The van der Waals surface area contributed by atoms with Gasteiger partial charge in [0.05, 0.1) is 0 Å². The summed E-state index contributed by atoms with van der Waals surface area (Å²) in [5, 5.41) is 14.6. The lowest BCUT2D eigenvalue weighted by Crippen LogP contribution is -2.01. The third kappa shape index (κ3) is 27.3. The summed E-state index contributed by atoms with van der Waals surface area (Å²) in [6, 6.07) is 0. The zero-order valence-electron chi connectivity index (χ0n) is 5.25. The lowest BCUT2D eigenvalue weighted by Gasteiger charge is -1.95. The maximum atomic E-state index is 9.76. The minimum Gasteiger partial charge on any atom is -0.483 e. The molecule has 0 bridgehead atoms.